The van der Waals surface area contributed by atoms with Crippen LogP contribution in [0.15, 0.2) is 64.0 Å². The number of thiazole rings is 6. The number of aromatic nitrogens is 7. The fourth-order valence-electron chi connectivity index (χ4n) is 10.3. The summed E-state index contributed by atoms with van der Waals surface area (Å²) in [4.78, 5) is 143. The van der Waals surface area contributed by atoms with E-state index in [0.717, 1.165) is 34.0 Å². The molecule has 0 radical (unpaired) electrons. The third-order valence-electron chi connectivity index (χ3n) is 15.0. The number of hydrogen-bond acceptors (Lipinski definition) is 23. The van der Waals surface area contributed by atoms with E-state index in [2.05, 4.69) is 31.9 Å². The lowest BCUT2D eigenvalue weighted by Crippen LogP contribution is -2.45. The van der Waals surface area contributed by atoms with Crippen molar-refractivity contribution in [1.82, 2.24) is 66.4 Å². The van der Waals surface area contributed by atoms with E-state index in [9.17, 15) is 53.7 Å². The number of carboxylic acid groups (broad SMARTS) is 2. The van der Waals surface area contributed by atoms with E-state index < -0.39 is 84.2 Å². The van der Waals surface area contributed by atoms with Crippen molar-refractivity contribution in [2.45, 2.75) is 103 Å². The molecule has 7 aromatic heterocycles. The lowest BCUT2D eigenvalue weighted by molar-refractivity contribution is -0.143. The number of nitrogens with one attached hydrogen (secondary N) is 6. The highest BCUT2D eigenvalue weighted by molar-refractivity contribution is 7.15. The molecule has 1 fully saturated rings. The van der Waals surface area contributed by atoms with Crippen LogP contribution >= 0.6 is 68.0 Å². The van der Waals surface area contributed by atoms with Crippen molar-refractivity contribution in [2.24, 2.45) is 11.8 Å². The van der Waals surface area contributed by atoms with Crippen LogP contribution < -0.4 is 31.9 Å². The molecule has 1 saturated carbocycles. The maximum atomic E-state index is 14.4. The second-order valence-electron chi connectivity index (χ2n) is 21.6. The summed E-state index contributed by atoms with van der Waals surface area (Å²) in [5.74, 6) is -5.47. The summed E-state index contributed by atoms with van der Waals surface area (Å²) in [6, 6.07) is 8.48. The number of rotatable bonds is 15. The maximum absolute atomic E-state index is 14.4. The Bertz CT molecular complexity index is 4000. The number of aryl methyl sites for hydroxylation is 1. The predicted octanol–water partition coefficient (Wildman–Crippen LogP) is 8.65. The average Bonchev–Trinajstić information content (AvgIpc) is 1.75. The van der Waals surface area contributed by atoms with Gasteiger partial charge in [0.2, 0.25) is 11.8 Å². The van der Waals surface area contributed by atoms with Gasteiger partial charge in [0.1, 0.15) is 82.2 Å². The molecule has 1 aliphatic heterocycles. The third kappa shape index (κ3) is 15.5. The minimum atomic E-state index is -1.30. The van der Waals surface area contributed by atoms with Crippen LogP contribution in [-0.4, -0.2) is 136 Å². The normalized spacial score (nSPS) is 18.5. The summed E-state index contributed by atoms with van der Waals surface area (Å²) in [7, 11) is 2.92. The Kier molecular flexibility index (Phi) is 21.1. The smallest absolute Gasteiger partial charge is 0.323 e. The van der Waals surface area contributed by atoms with Crippen LogP contribution in [0, 0.1) is 18.8 Å². The number of anilines is 1. The van der Waals surface area contributed by atoms with Gasteiger partial charge in [-0.25, -0.2) is 39.7 Å². The number of nitrogens with zero attached hydrogens (tertiary/aromatic N) is 8. The Morgan fingerprint density at radius 2 is 1.41 bits per heavy atom. The van der Waals surface area contributed by atoms with Gasteiger partial charge in [0, 0.05) is 65.1 Å². The van der Waals surface area contributed by atoms with Gasteiger partial charge in [0.25, 0.3) is 17.7 Å². The van der Waals surface area contributed by atoms with Crippen LogP contribution in [0.25, 0.3) is 43.4 Å². The molecule has 4 atom stereocenters. The summed E-state index contributed by atoms with van der Waals surface area (Å²) in [5, 5.41) is 56.8. The molecule has 2 aliphatic rings. The second kappa shape index (κ2) is 29.3. The van der Waals surface area contributed by atoms with Gasteiger partial charge in [-0.15, -0.1) is 68.0 Å². The Balaban J connectivity index is 1.02. The number of carboxylic acids is 2. The van der Waals surface area contributed by atoms with E-state index in [4.69, 9.17) is 39.6 Å². The molecule has 8 heterocycles. The molecule has 7 amide bonds. The minimum absolute atomic E-state index is 0.00296. The van der Waals surface area contributed by atoms with Crippen LogP contribution in [0.3, 0.4) is 0 Å². The zero-order valence-corrected chi connectivity index (χ0v) is 54.4. The molecule has 9 N–H and O–H groups in total. The van der Waals surface area contributed by atoms with E-state index in [1.807, 2.05) is 13.8 Å². The van der Waals surface area contributed by atoms with Crippen LogP contribution in [0.1, 0.15) is 145 Å². The van der Waals surface area contributed by atoms with Gasteiger partial charge in [-0.3, -0.25) is 38.9 Å². The molecular formula is C59H62N14O12S6. The van der Waals surface area contributed by atoms with Gasteiger partial charge >= 0.3 is 18.0 Å². The molecule has 0 spiro atoms. The highest BCUT2D eigenvalue weighted by Crippen LogP contribution is 2.41. The lowest BCUT2D eigenvalue weighted by atomic mass is 9.85. The topological polar surface area (TPSA) is 372 Å². The average molecular weight is 1350 g/mol. The van der Waals surface area contributed by atoms with Crippen molar-refractivity contribution in [1.29, 1.82) is 0 Å². The number of pyridine rings is 1. The van der Waals surface area contributed by atoms with E-state index in [-0.39, 0.29) is 72.3 Å². The molecule has 32 heteroatoms. The monoisotopic (exact) mass is 1350 g/mol. The Hall–Kier alpha value is -8.37. The van der Waals surface area contributed by atoms with Crippen molar-refractivity contribution in [2.75, 3.05) is 32.6 Å². The number of benzene rings is 1. The number of hydrogen-bond donors (Lipinski definition) is 9. The van der Waals surface area contributed by atoms with Crippen LogP contribution in [0.2, 0.25) is 0 Å². The fraction of sp³-hybridized carbons (Fsp3) is 0.373. The number of methoxy groups -OCH3 is 1. The first kappa shape index (κ1) is 65.6. The quantitative estimate of drug-likeness (QED) is 0.0463. The van der Waals surface area contributed by atoms with Crippen molar-refractivity contribution in [3.8, 4) is 43.4 Å². The number of aliphatic hydroxyl groups excluding tert-OH is 1. The molecule has 10 rings (SSSR count). The number of ether oxygens (including phenoxy) is 1. The summed E-state index contributed by atoms with van der Waals surface area (Å²) in [6.07, 6.45) is 0.0938. The number of urea groups is 1. The highest BCUT2D eigenvalue weighted by atomic mass is 32.1. The third-order valence-corrected chi connectivity index (χ3v) is 20.7. The van der Waals surface area contributed by atoms with E-state index in [1.165, 1.54) is 48.2 Å². The highest BCUT2D eigenvalue weighted by Gasteiger charge is 2.35. The summed E-state index contributed by atoms with van der Waals surface area (Å²) in [6.45, 7) is 5.03. The molecule has 26 nitrogen and oxygen atoms in total. The Morgan fingerprint density at radius 1 is 0.703 bits per heavy atom. The summed E-state index contributed by atoms with van der Waals surface area (Å²) in [5.41, 5.74) is 2.43. The zero-order chi connectivity index (χ0) is 64.6. The number of amides is 7. The van der Waals surface area contributed by atoms with Gasteiger partial charge in [-0.05, 0) is 62.6 Å². The Labute approximate surface area is 544 Å². The SMILES string of the molecule is CNC(=O)C[C@@H]1NC(=O)c2csc(n2)-c2ccc(-c3nc(NC(=O)N(CCCC(=O)O)C4CCC(C(=O)O)CC4)cs3)nc2-c2csc(n2)-c2csc(n2)[C@H]([C@@H](O)c2ccccc2)NC(=O)CNC(=O)c2nc(sc2COC)[C@H](C(C)C)NC(=O)c2nc1sc2C. The minimum Gasteiger partial charge on any atom is -0.481 e. The molecule has 1 aromatic carbocycles. The van der Waals surface area contributed by atoms with Crippen molar-refractivity contribution < 1.29 is 58.4 Å². The van der Waals surface area contributed by atoms with Gasteiger partial charge < -0.3 is 51.5 Å². The first-order valence-electron chi connectivity index (χ1n) is 28.7. The van der Waals surface area contributed by atoms with Gasteiger partial charge in [-0.1, -0.05) is 44.2 Å². The number of fused-ring (bicyclic) bond motifs is 14. The van der Waals surface area contributed by atoms with Crippen LogP contribution in [0.4, 0.5) is 10.6 Å². The van der Waals surface area contributed by atoms with Crippen molar-refractivity contribution in [3.63, 3.8) is 0 Å². The molecule has 10 bridgehead atoms. The van der Waals surface area contributed by atoms with Crippen molar-refractivity contribution >= 4 is 121 Å². The van der Waals surface area contributed by atoms with Crippen LogP contribution in [-0.2, 0) is 30.5 Å². The van der Waals surface area contributed by atoms with Crippen LogP contribution in [0.5, 0.6) is 0 Å². The molecule has 0 unspecified atom stereocenters. The number of aliphatic hydroxyl groups is 1. The Morgan fingerprint density at radius 3 is 2.13 bits per heavy atom. The fourth-order valence-corrected chi connectivity index (χ4v) is 15.8. The summed E-state index contributed by atoms with van der Waals surface area (Å²) < 4.78 is 5.45. The van der Waals surface area contributed by atoms with Gasteiger partial charge in [-0.2, -0.15) is 0 Å². The second-order valence-corrected chi connectivity index (χ2v) is 27.5. The van der Waals surface area contributed by atoms with Gasteiger partial charge in [0.05, 0.1) is 48.1 Å². The first-order chi connectivity index (χ1) is 43.7. The molecule has 476 valence electrons. The summed E-state index contributed by atoms with van der Waals surface area (Å²) >= 11 is 7.03. The first-order valence-corrected chi connectivity index (χ1v) is 33.9. The largest absolute Gasteiger partial charge is 0.481 e. The molecule has 0 saturated heterocycles. The predicted molar refractivity (Wildman–Crippen MR) is 343 cm³/mol. The standard InChI is InChI=1S/C59H62N14O12S6/c1-27(2)43-57-72-46(38(91-57)22-85-5)50(80)61-21-41(75)69-47(48(78)29-10-7-6-8-11-29)56-66-37(25-88-56)54-64-35(23-87-54)45-32(52-65-36(24-86-52)49(79)63-34(20-40(74)60-4)55-71-44(28(3)90-55)51(81)70-43)17-18-33(62-45)53-67-39(26-89-53)68-59(84)73(19-9-12-42(76)77)31-15-13-30(14-16-31)58(82)83/h6-8,10-11,17-18,23-27,30-31,34,43,47-48,78H,9,12-16,19-22H2,1-5H3,(H,60,74)(H,61,80)(H,63,79)(H,68,84)(H,69,75)(H,70,81)(H,76,77)(H,82,83)/t30?,31?,34-,43-,47-,48-/m0/s1. The van der Waals surface area contributed by atoms with Gasteiger partial charge in [0.15, 0.2) is 0 Å². The molecular weight excluding hydrogens is 1290 g/mol. The molecule has 91 heavy (non-hydrogen) atoms. The number of carbonyl (C=O) groups is 8. The molecule has 8 aromatic rings. The maximum Gasteiger partial charge on any atom is 0.323 e. The van der Waals surface area contributed by atoms with Crippen molar-refractivity contribution in [3.05, 3.63) is 111 Å². The van der Waals surface area contributed by atoms with E-state index >= 15 is 0 Å². The molecule has 1 aliphatic carbocycles. The number of carbonyl (C=O) groups excluding carboxylic acids is 6. The zero-order valence-electron chi connectivity index (χ0n) is 49.5. The van der Waals surface area contributed by atoms with E-state index in [0.29, 0.717) is 94.4 Å². The number of aliphatic carboxylic acids is 2. The lowest BCUT2D eigenvalue weighted by Gasteiger charge is -2.35. The van der Waals surface area contributed by atoms with E-state index in [1.54, 1.807) is 75.8 Å².